The topological polar surface area (TPSA) is 76.2 Å². The van der Waals surface area contributed by atoms with Gasteiger partial charge in [-0.2, -0.15) is 0 Å². The van der Waals surface area contributed by atoms with Gasteiger partial charge in [0.1, 0.15) is 6.26 Å². The summed E-state index contributed by atoms with van der Waals surface area (Å²) in [4.78, 5) is 9.25. The normalized spacial score (nSPS) is 7.20. The second-order valence-corrected chi connectivity index (χ2v) is 1.13. The van der Waals surface area contributed by atoms with Gasteiger partial charge in [0, 0.05) is 11.3 Å². The molecule has 1 rings (SSSR count). The first kappa shape index (κ1) is 8.35. The van der Waals surface area contributed by atoms with Gasteiger partial charge in [0.15, 0.2) is 0 Å². The summed E-state index contributed by atoms with van der Waals surface area (Å²) in [5.74, 6) is -0.981. The Bertz CT molecular complexity index is 166. The monoisotopic (exact) mass is 142 g/mol. The maximum absolute atomic E-state index is 9.25. The number of carboxylic acids is 1. The van der Waals surface area contributed by atoms with E-state index >= 15 is 0 Å². The first-order valence-corrected chi connectivity index (χ1v) is 2.33. The summed E-state index contributed by atoms with van der Waals surface area (Å²) in [6.07, 6.45) is 3.71. The van der Waals surface area contributed by atoms with E-state index in [2.05, 4.69) is 21.5 Å². The van der Waals surface area contributed by atoms with Gasteiger partial charge in [0.2, 0.25) is 0 Å². The zero-order valence-corrected chi connectivity index (χ0v) is 5.10. The van der Waals surface area contributed by atoms with E-state index in [1.165, 1.54) is 12.5 Å². The molecule has 5 nitrogen and oxygen atoms in total. The van der Waals surface area contributed by atoms with Crippen LogP contribution in [0.4, 0.5) is 0 Å². The second kappa shape index (κ2) is 5.49. The molecular formula is C5H6N2O3. The van der Waals surface area contributed by atoms with E-state index in [1.54, 1.807) is 0 Å². The standard InChI is InChI=1S/C3H4O2.C2H2N2O/c1-2-3(4)5;1-2-5-4-3-1/h2H,1H2,(H,4,5);1-2H. The average Bonchev–Trinajstić information content (AvgIpc) is 2.43. The van der Waals surface area contributed by atoms with Crippen molar-refractivity contribution < 1.29 is 14.4 Å². The summed E-state index contributed by atoms with van der Waals surface area (Å²) in [6, 6.07) is 0. The minimum absolute atomic E-state index is 0.833. The zero-order chi connectivity index (χ0) is 7.82. The molecule has 1 heterocycles. The highest BCUT2D eigenvalue weighted by Crippen LogP contribution is 1.64. The Morgan fingerprint density at radius 2 is 2.40 bits per heavy atom. The van der Waals surface area contributed by atoms with E-state index in [4.69, 9.17) is 5.11 Å². The van der Waals surface area contributed by atoms with Gasteiger partial charge >= 0.3 is 5.97 Å². The molecule has 1 N–H and O–H groups in total. The minimum atomic E-state index is -0.981. The van der Waals surface area contributed by atoms with Gasteiger partial charge in [-0.3, -0.25) is 0 Å². The quantitative estimate of drug-likeness (QED) is 0.571. The molecule has 0 bridgehead atoms. The van der Waals surface area contributed by atoms with Crippen molar-refractivity contribution in [2.75, 3.05) is 0 Å². The fourth-order valence-electron chi connectivity index (χ4n) is 0.136. The molecule has 1 aromatic heterocycles. The second-order valence-electron chi connectivity index (χ2n) is 1.13. The van der Waals surface area contributed by atoms with Crippen LogP contribution in [0.15, 0.2) is 29.6 Å². The van der Waals surface area contributed by atoms with Gasteiger partial charge in [-0.05, 0) is 0 Å². The summed E-state index contributed by atoms with van der Waals surface area (Å²) >= 11 is 0. The first-order valence-electron chi connectivity index (χ1n) is 2.33. The molecule has 0 saturated heterocycles. The SMILES string of the molecule is C=CC(=O)O.c1conn1. The van der Waals surface area contributed by atoms with E-state index in [9.17, 15) is 4.79 Å². The Labute approximate surface area is 57.0 Å². The predicted molar refractivity (Wildman–Crippen MR) is 32.1 cm³/mol. The molecule has 0 spiro atoms. The van der Waals surface area contributed by atoms with Crippen LogP contribution in [0.2, 0.25) is 0 Å². The van der Waals surface area contributed by atoms with E-state index in [0.29, 0.717) is 0 Å². The lowest BCUT2D eigenvalue weighted by molar-refractivity contribution is -0.131. The van der Waals surface area contributed by atoms with Gasteiger partial charge in [0.25, 0.3) is 0 Å². The van der Waals surface area contributed by atoms with Crippen LogP contribution < -0.4 is 0 Å². The fourth-order valence-corrected chi connectivity index (χ4v) is 0.136. The van der Waals surface area contributed by atoms with E-state index in [1.807, 2.05) is 0 Å². The first-order chi connectivity index (χ1) is 4.77. The molecule has 0 aromatic carbocycles. The molecule has 0 radical (unpaired) electrons. The van der Waals surface area contributed by atoms with Gasteiger partial charge < -0.3 is 9.63 Å². The Balaban J connectivity index is 0.000000162. The zero-order valence-electron chi connectivity index (χ0n) is 5.10. The number of hydrogen-bond donors (Lipinski definition) is 1. The maximum Gasteiger partial charge on any atom is 0.327 e. The number of carboxylic acid groups (broad SMARTS) is 1. The van der Waals surface area contributed by atoms with Gasteiger partial charge in [-0.1, -0.05) is 6.58 Å². The van der Waals surface area contributed by atoms with Crippen molar-refractivity contribution in [1.29, 1.82) is 0 Å². The summed E-state index contributed by atoms with van der Waals surface area (Å²) < 4.78 is 4.22. The highest BCUT2D eigenvalue weighted by atomic mass is 16.5. The number of aromatic nitrogens is 2. The predicted octanol–water partition coefficient (Wildman–Crippen LogP) is 0.327. The summed E-state index contributed by atoms with van der Waals surface area (Å²) in [6.45, 7) is 2.96. The molecule has 10 heavy (non-hydrogen) atoms. The highest BCUT2D eigenvalue weighted by molar-refractivity contribution is 5.78. The van der Waals surface area contributed by atoms with Crippen molar-refractivity contribution in [3.05, 3.63) is 25.1 Å². The van der Waals surface area contributed by atoms with Crippen molar-refractivity contribution >= 4 is 5.97 Å². The van der Waals surface area contributed by atoms with Crippen molar-refractivity contribution in [2.24, 2.45) is 0 Å². The maximum atomic E-state index is 9.25. The Morgan fingerprint density at radius 3 is 2.50 bits per heavy atom. The van der Waals surface area contributed by atoms with Crippen molar-refractivity contribution in [3.63, 3.8) is 0 Å². The van der Waals surface area contributed by atoms with Crippen molar-refractivity contribution in [1.82, 2.24) is 10.4 Å². The molecule has 0 atom stereocenters. The van der Waals surface area contributed by atoms with Crippen LogP contribution in [-0.4, -0.2) is 21.4 Å². The van der Waals surface area contributed by atoms with Crippen LogP contribution in [0, 0.1) is 0 Å². The lowest BCUT2D eigenvalue weighted by atomic mass is 10.7. The number of carbonyl (C=O) groups is 1. The molecule has 5 heteroatoms. The number of aliphatic carboxylic acids is 1. The van der Waals surface area contributed by atoms with Crippen molar-refractivity contribution in [3.8, 4) is 0 Å². The lowest BCUT2D eigenvalue weighted by Crippen LogP contribution is -1.82. The van der Waals surface area contributed by atoms with Crippen LogP contribution in [0.3, 0.4) is 0 Å². The molecule has 0 amide bonds. The molecule has 54 valence electrons. The number of hydrogen-bond acceptors (Lipinski definition) is 4. The van der Waals surface area contributed by atoms with Crippen LogP contribution in [0.25, 0.3) is 0 Å². The molecule has 0 aliphatic heterocycles. The third-order valence-electron chi connectivity index (χ3n) is 0.457. The van der Waals surface area contributed by atoms with Crippen LogP contribution in [-0.2, 0) is 4.79 Å². The highest BCUT2D eigenvalue weighted by Gasteiger charge is 1.73. The van der Waals surface area contributed by atoms with Crippen LogP contribution >= 0.6 is 0 Å². The third-order valence-corrected chi connectivity index (χ3v) is 0.457. The summed E-state index contributed by atoms with van der Waals surface area (Å²) in [5.41, 5.74) is 0. The smallest absolute Gasteiger partial charge is 0.327 e. The van der Waals surface area contributed by atoms with E-state index in [0.717, 1.165) is 6.08 Å². The summed E-state index contributed by atoms with van der Waals surface area (Å²) in [5, 5.41) is 14.0. The van der Waals surface area contributed by atoms with Gasteiger partial charge in [-0.15, -0.1) is 5.10 Å². The number of rotatable bonds is 1. The molecule has 0 unspecified atom stereocenters. The average molecular weight is 142 g/mol. The van der Waals surface area contributed by atoms with Crippen LogP contribution in [0.1, 0.15) is 0 Å². The van der Waals surface area contributed by atoms with Gasteiger partial charge in [0.05, 0.1) is 6.20 Å². The molecular weight excluding hydrogens is 136 g/mol. The molecule has 0 aliphatic carbocycles. The minimum Gasteiger partial charge on any atom is -0.478 e. The van der Waals surface area contributed by atoms with Crippen LogP contribution in [0.5, 0.6) is 0 Å². The third kappa shape index (κ3) is 6.35. The Morgan fingerprint density at radius 1 is 1.80 bits per heavy atom. The van der Waals surface area contributed by atoms with Crippen molar-refractivity contribution in [2.45, 2.75) is 0 Å². The number of nitrogens with zero attached hydrogens (tertiary/aromatic N) is 2. The molecule has 1 aromatic rings. The Kier molecular flexibility index (Phi) is 4.58. The molecule has 0 saturated carbocycles. The van der Waals surface area contributed by atoms with E-state index < -0.39 is 5.97 Å². The molecule has 0 fully saturated rings. The largest absolute Gasteiger partial charge is 0.478 e. The summed E-state index contributed by atoms with van der Waals surface area (Å²) in [7, 11) is 0. The molecule has 0 aliphatic rings. The van der Waals surface area contributed by atoms with Gasteiger partial charge in [-0.25, -0.2) is 4.79 Å². The fraction of sp³-hybridized carbons (Fsp3) is 0. The Hall–Kier alpha value is -1.65. The van der Waals surface area contributed by atoms with E-state index in [-0.39, 0.29) is 0 Å². The lowest BCUT2D eigenvalue weighted by Gasteiger charge is -1.64.